The van der Waals surface area contributed by atoms with Gasteiger partial charge in [0.05, 0.1) is 25.3 Å². The maximum absolute atomic E-state index is 13.4. The normalized spacial score (nSPS) is 14.7. The molecule has 0 saturated heterocycles. The summed E-state index contributed by atoms with van der Waals surface area (Å²) in [4.78, 5) is 25.2. The van der Waals surface area contributed by atoms with E-state index in [2.05, 4.69) is 6.58 Å². The summed E-state index contributed by atoms with van der Waals surface area (Å²) in [5, 5.41) is 20.7. The summed E-state index contributed by atoms with van der Waals surface area (Å²) >= 11 is 0. The molecule has 3 aromatic rings. The number of rotatable bonds is 6. The number of fused-ring (bicyclic) bond motifs is 2. The fraction of sp³-hybridized carbons (Fsp3) is 0.217. The summed E-state index contributed by atoms with van der Waals surface area (Å²) in [5.74, 6) is -1.81. The molecule has 0 aliphatic carbocycles. The van der Waals surface area contributed by atoms with Crippen molar-refractivity contribution in [3.8, 4) is 23.0 Å². The number of carboxylic acid groups (broad SMARTS) is 1. The van der Waals surface area contributed by atoms with E-state index in [1.165, 1.54) is 32.4 Å². The average Bonchev–Trinajstić information content (AvgIpc) is 3.34. The molecule has 2 heterocycles. The Labute approximate surface area is 177 Å². The number of hydrogen-bond donors (Lipinski definition) is 2. The summed E-state index contributed by atoms with van der Waals surface area (Å²) in [6.45, 7) is 5.69. The first-order valence-corrected chi connectivity index (χ1v) is 9.40. The number of methoxy groups -OCH3 is 2. The van der Waals surface area contributed by atoms with Crippen molar-refractivity contribution in [3.05, 3.63) is 58.9 Å². The van der Waals surface area contributed by atoms with Crippen LogP contribution in [0.4, 0.5) is 0 Å². The monoisotopic (exact) mass is 424 g/mol. The number of carbonyl (C=O) groups excluding carboxylic acids is 1. The highest BCUT2D eigenvalue weighted by molar-refractivity contribution is 6.21. The van der Waals surface area contributed by atoms with E-state index in [1.54, 1.807) is 6.07 Å². The van der Waals surface area contributed by atoms with Crippen LogP contribution in [0.15, 0.2) is 40.8 Å². The second-order valence-electron chi connectivity index (χ2n) is 7.24. The van der Waals surface area contributed by atoms with Gasteiger partial charge in [0.25, 0.3) is 0 Å². The minimum atomic E-state index is -1.41. The largest absolute Gasteiger partial charge is 0.507 e. The standard InChI is InChI=1S/C23H20O8/c1-10(2)15-8-13-14(30-15)6-5-11(20(13)24)21(25)19-12-7-17(28-3)18(29-4)9-16(12)31-22(19)23(26)27/h5-7,9,15,24H,1,8H2,2-4H3,(H,26,27)/t15-/m1/s1. The molecule has 4 rings (SSSR count). The number of ketones is 1. The van der Waals surface area contributed by atoms with E-state index >= 15 is 0 Å². The molecule has 8 heteroatoms. The SMILES string of the molecule is C=C(C)[C@H]1Cc2c(ccc(C(=O)c3c(C(=O)O)oc4cc(OC)c(OC)cc34)c2O)O1. The molecule has 1 atom stereocenters. The van der Waals surface area contributed by atoms with E-state index in [-0.39, 0.29) is 33.9 Å². The Bertz CT molecular complexity index is 1250. The van der Waals surface area contributed by atoms with Crippen molar-refractivity contribution in [1.82, 2.24) is 0 Å². The van der Waals surface area contributed by atoms with E-state index in [4.69, 9.17) is 18.6 Å². The molecular formula is C23H20O8. The van der Waals surface area contributed by atoms with Crippen LogP contribution in [-0.2, 0) is 6.42 Å². The lowest BCUT2D eigenvalue weighted by Gasteiger charge is -2.09. The average molecular weight is 424 g/mol. The minimum Gasteiger partial charge on any atom is -0.507 e. The van der Waals surface area contributed by atoms with E-state index in [9.17, 15) is 19.8 Å². The third-order valence-electron chi connectivity index (χ3n) is 5.31. The molecule has 0 spiro atoms. The summed E-state index contributed by atoms with van der Waals surface area (Å²) in [6.07, 6.45) is 0.0629. The van der Waals surface area contributed by atoms with Gasteiger partial charge in [-0.1, -0.05) is 6.58 Å². The Balaban J connectivity index is 1.89. The molecule has 0 unspecified atom stereocenters. The highest BCUT2D eigenvalue weighted by atomic mass is 16.5. The Kier molecular flexibility index (Phi) is 4.85. The maximum atomic E-state index is 13.4. The van der Waals surface area contributed by atoms with Gasteiger partial charge in [-0.25, -0.2) is 4.79 Å². The van der Waals surface area contributed by atoms with Crippen molar-refractivity contribution in [2.75, 3.05) is 14.2 Å². The molecule has 31 heavy (non-hydrogen) atoms. The predicted octanol–water partition coefficient (Wildman–Crippen LogP) is 3.96. The molecule has 1 aliphatic rings. The van der Waals surface area contributed by atoms with Crippen molar-refractivity contribution >= 4 is 22.7 Å². The molecule has 160 valence electrons. The number of carboxylic acids is 1. The maximum Gasteiger partial charge on any atom is 0.372 e. The number of phenolic OH excluding ortho intramolecular Hbond substituents is 1. The van der Waals surface area contributed by atoms with Gasteiger partial charge in [-0.3, -0.25) is 4.79 Å². The topological polar surface area (TPSA) is 115 Å². The van der Waals surface area contributed by atoms with E-state index in [0.29, 0.717) is 29.2 Å². The molecule has 1 aromatic heterocycles. The second kappa shape index (κ2) is 7.39. The van der Waals surface area contributed by atoms with Crippen molar-refractivity contribution in [3.63, 3.8) is 0 Å². The van der Waals surface area contributed by atoms with Crippen LogP contribution < -0.4 is 14.2 Å². The van der Waals surface area contributed by atoms with Crippen LogP contribution in [0.25, 0.3) is 11.0 Å². The van der Waals surface area contributed by atoms with Gasteiger partial charge in [0.15, 0.2) is 11.5 Å². The van der Waals surface area contributed by atoms with Gasteiger partial charge in [0.1, 0.15) is 23.2 Å². The fourth-order valence-corrected chi connectivity index (χ4v) is 3.70. The van der Waals surface area contributed by atoms with Crippen molar-refractivity contribution in [2.45, 2.75) is 19.4 Å². The van der Waals surface area contributed by atoms with Gasteiger partial charge in [-0.15, -0.1) is 0 Å². The van der Waals surface area contributed by atoms with Crippen LogP contribution in [0.2, 0.25) is 0 Å². The number of aromatic carboxylic acids is 1. The van der Waals surface area contributed by atoms with Crippen LogP contribution in [0.1, 0.15) is 39.0 Å². The predicted molar refractivity (Wildman–Crippen MR) is 111 cm³/mol. The molecule has 2 N–H and O–H groups in total. The molecule has 0 amide bonds. The minimum absolute atomic E-state index is 0.0512. The summed E-state index contributed by atoms with van der Waals surface area (Å²) < 4.78 is 21.7. The first-order valence-electron chi connectivity index (χ1n) is 9.40. The van der Waals surface area contributed by atoms with Crippen molar-refractivity contribution in [1.29, 1.82) is 0 Å². The number of benzene rings is 2. The van der Waals surface area contributed by atoms with Crippen molar-refractivity contribution < 1.29 is 38.4 Å². The van der Waals surface area contributed by atoms with Gasteiger partial charge in [-0.2, -0.15) is 0 Å². The van der Waals surface area contributed by atoms with Gasteiger partial charge in [-0.05, 0) is 30.7 Å². The van der Waals surface area contributed by atoms with Crippen LogP contribution in [-0.4, -0.2) is 42.3 Å². The lowest BCUT2D eigenvalue weighted by atomic mass is 9.95. The molecule has 0 saturated carbocycles. The van der Waals surface area contributed by atoms with Crippen LogP contribution in [0.3, 0.4) is 0 Å². The van der Waals surface area contributed by atoms with Crippen molar-refractivity contribution in [2.24, 2.45) is 0 Å². The molecule has 0 radical (unpaired) electrons. The zero-order valence-corrected chi connectivity index (χ0v) is 17.1. The van der Waals surface area contributed by atoms with Gasteiger partial charge >= 0.3 is 5.97 Å². The molecule has 0 fully saturated rings. The summed E-state index contributed by atoms with van der Waals surface area (Å²) in [5.41, 5.74) is 1.17. The number of phenols is 1. The second-order valence-corrected chi connectivity index (χ2v) is 7.24. The Morgan fingerprint density at radius 2 is 1.84 bits per heavy atom. The molecular weight excluding hydrogens is 404 g/mol. The number of furan rings is 1. The highest BCUT2D eigenvalue weighted by Crippen LogP contribution is 2.42. The highest BCUT2D eigenvalue weighted by Gasteiger charge is 2.33. The summed E-state index contributed by atoms with van der Waals surface area (Å²) in [7, 11) is 2.85. The third-order valence-corrected chi connectivity index (χ3v) is 5.31. The first kappa shape index (κ1) is 20.3. The van der Waals surface area contributed by atoms with E-state index in [0.717, 1.165) is 5.57 Å². The van der Waals surface area contributed by atoms with Gasteiger partial charge < -0.3 is 28.8 Å². The quantitative estimate of drug-likeness (QED) is 0.451. The van der Waals surface area contributed by atoms with Crippen LogP contribution >= 0.6 is 0 Å². The lowest BCUT2D eigenvalue weighted by Crippen LogP contribution is -2.13. The van der Waals surface area contributed by atoms with Crippen LogP contribution in [0.5, 0.6) is 23.0 Å². The zero-order chi connectivity index (χ0) is 22.4. The smallest absolute Gasteiger partial charge is 0.372 e. The van der Waals surface area contributed by atoms with Gasteiger partial charge in [0.2, 0.25) is 11.5 Å². The Morgan fingerprint density at radius 3 is 2.45 bits per heavy atom. The number of carbonyl (C=O) groups is 2. The Hall–Kier alpha value is -3.94. The molecule has 1 aliphatic heterocycles. The fourth-order valence-electron chi connectivity index (χ4n) is 3.70. The number of hydrogen-bond acceptors (Lipinski definition) is 7. The molecule has 8 nitrogen and oxygen atoms in total. The summed E-state index contributed by atoms with van der Waals surface area (Å²) in [6, 6.07) is 5.91. The van der Waals surface area contributed by atoms with Gasteiger partial charge in [0, 0.05) is 23.4 Å². The number of ether oxygens (including phenoxy) is 3. The number of aromatic hydroxyl groups is 1. The first-order chi connectivity index (χ1) is 14.8. The third kappa shape index (κ3) is 3.16. The van der Waals surface area contributed by atoms with Crippen LogP contribution in [0, 0.1) is 0 Å². The lowest BCUT2D eigenvalue weighted by molar-refractivity contribution is 0.0660. The zero-order valence-electron chi connectivity index (χ0n) is 17.1. The Morgan fingerprint density at radius 1 is 1.16 bits per heavy atom. The van der Waals surface area contributed by atoms with E-state index in [1.807, 2.05) is 6.92 Å². The molecule has 0 bridgehead atoms. The van der Waals surface area contributed by atoms with E-state index < -0.39 is 17.5 Å². The molecule has 2 aromatic carbocycles.